The van der Waals surface area contributed by atoms with Gasteiger partial charge in [-0.3, -0.25) is 0 Å². The number of aromatic nitrogens is 1. The molecule has 6 aromatic carbocycles. The van der Waals surface area contributed by atoms with Gasteiger partial charge in [0.2, 0.25) is 0 Å². The van der Waals surface area contributed by atoms with Crippen molar-refractivity contribution in [1.82, 2.24) is 4.57 Å². The summed E-state index contributed by atoms with van der Waals surface area (Å²) in [7, 11) is 0. The second kappa shape index (κ2) is 9.96. The van der Waals surface area contributed by atoms with Gasteiger partial charge in [0.05, 0.1) is 16.7 Å². The summed E-state index contributed by atoms with van der Waals surface area (Å²) in [6.45, 7) is 0. The smallest absolute Gasteiger partial charge is 0.159 e. The number of aryl methyl sites for hydroxylation is 1. The Morgan fingerprint density at radius 2 is 1.30 bits per heavy atom. The minimum atomic E-state index is 0.932. The molecule has 0 N–H and O–H groups in total. The number of fused-ring (bicyclic) bond motifs is 9. The summed E-state index contributed by atoms with van der Waals surface area (Å²) < 4.78 is 11.7. The van der Waals surface area contributed by atoms with E-state index in [1.807, 2.05) is 11.3 Å². The number of rotatable bonds is 4. The van der Waals surface area contributed by atoms with Gasteiger partial charge >= 0.3 is 0 Å². The van der Waals surface area contributed by atoms with Crippen LogP contribution in [0.25, 0.3) is 64.7 Å². The number of allylic oxidation sites excluding steroid dienone is 1. The first-order chi connectivity index (χ1) is 22.8. The standard InChI is InChI=1S/C42H28N2OS/c1-2-11-27(12-3-1)44-36-17-7-4-13-30(36)34-25-28(21-23-37(34)44)43(29-22-24-41-35(26-29)32-15-6-9-20-40(32)46-41)38-18-10-16-33-31-14-5-8-19-39(31)45-42(33)38/h1-4,6-13,15-26H,5,14H2. The first-order valence-corrected chi connectivity index (χ1v) is 16.6. The van der Waals surface area contributed by atoms with E-state index in [4.69, 9.17) is 4.42 Å². The highest BCUT2D eigenvalue weighted by Gasteiger charge is 2.23. The van der Waals surface area contributed by atoms with Crippen LogP contribution in [0.1, 0.15) is 17.7 Å². The van der Waals surface area contributed by atoms with Gasteiger partial charge in [-0.1, -0.05) is 72.8 Å². The zero-order valence-corrected chi connectivity index (χ0v) is 25.8. The van der Waals surface area contributed by atoms with Crippen LogP contribution >= 0.6 is 11.3 Å². The minimum Gasteiger partial charge on any atom is -0.454 e. The molecule has 0 atom stereocenters. The van der Waals surface area contributed by atoms with Crippen LogP contribution in [0.4, 0.5) is 17.1 Å². The predicted octanol–water partition coefficient (Wildman–Crippen LogP) is 12.3. The molecule has 0 saturated heterocycles. The molecule has 46 heavy (non-hydrogen) atoms. The van der Waals surface area contributed by atoms with E-state index < -0.39 is 0 Å². The molecule has 0 radical (unpaired) electrons. The fourth-order valence-corrected chi connectivity index (χ4v) is 8.48. The van der Waals surface area contributed by atoms with Crippen LogP contribution in [0.2, 0.25) is 0 Å². The number of hydrogen-bond acceptors (Lipinski definition) is 3. The lowest BCUT2D eigenvalue weighted by molar-refractivity contribution is 0.596. The van der Waals surface area contributed by atoms with E-state index in [1.54, 1.807) is 0 Å². The topological polar surface area (TPSA) is 21.3 Å². The maximum atomic E-state index is 6.68. The number of furan rings is 1. The van der Waals surface area contributed by atoms with Crippen molar-refractivity contribution >= 4 is 87.4 Å². The summed E-state index contributed by atoms with van der Waals surface area (Å²) in [4.78, 5) is 2.39. The number of thiophene rings is 1. The molecule has 3 heterocycles. The Hall–Kier alpha value is -5.58. The van der Waals surface area contributed by atoms with Crippen molar-refractivity contribution in [3.8, 4) is 5.69 Å². The number of para-hydroxylation sites is 3. The minimum absolute atomic E-state index is 0.932. The van der Waals surface area contributed by atoms with Gasteiger partial charge in [0.15, 0.2) is 5.58 Å². The lowest BCUT2D eigenvalue weighted by Crippen LogP contribution is -2.10. The van der Waals surface area contributed by atoms with E-state index in [-0.39, 0.29) is 0 Å². The molecule has 3 aromatic heterocycles. The Labute approximate surface area is 269 Å². The number of nitrogens with zero attached hydrogens (tertiary/aromatic N) is 2. The van der Waals surface area contributed by atoms with Crippen molar-refractivity contribution in [3.05, 3.63) is 151 Å². The third-order valence-corrected chi connectivity index (χ3v) is 10.6. The monoisotopic (exact) mass is 608 g/mol. The highest BCUT2D eigenvalue weighted by atomic mass is 32.1. The van der Waals surface area contributed by atoms with Crippen LogP contribution in [-0.2, 0) is 6.42 Å². The maximum Gasteiger partial charge on any atom is 0.159 e. The first kappa shape index (κ1) is 25.7. The molecule has 0 fully saturated rings. The van der Waals surface area contributed by atoms with Crippen molar-refractivity contribution in [3.63, 3.8) is 0 Å². The van der Waals surface area contributed by atoms with Crippen molar-refractivity contribution in [1.29, 1.82) is 0 Å². The van der Waals surface area contributed by atoms with E-state index in [2.05, 4.69) is 155 Å². The van der Waals surface area contributed by atoms with Gasteiger partial charge < -0.3 is 13.9 Å². The molecule has 0 unspecified atom stereocenters. The Morgan fingerprint density at radius 3 is 2.22 bits per heavy atom. The lowest BCUT2D eigenvalue weighted by Gasteiger charge is -2.26. The fourth-order valence-electron chi connectivity index (χ4n) is 7.40. The fraction of sp³-hybridized carbons (Fsp3) is 0.0476. The summed E-state index contributed by atoms with van der Waals surface area (Å²) in [5.74, 6) is 0.981. The average Bonchev–Trinajstić information content (AvgIpc) is 3.78. The molecule has 0 aliphatic heterocycles. The lowest BCUT2D eigenvalue weighted by atomic mass is 10.0. The van der Waals surface area contributed by atoms with E-state index in [9.17, 15) is 0 Å². The second-order valence-electron chi connectivity index (χ2n) is 12.0. The number of benzene rings is 6. The van der Waals surface area contributed by atoms with E-state index >= 15 is 0 Å². The molecule has 9 aromatic rings. The van der Waals surface area contributed by atoms with Gasteiger partial charge in [0, 0.05) is 59.0 Å². The summed E-state index contributed by atoms with van der Waals surface area (Å²) in [6, 6.07) is 48.5. The normalized spacial score (nSPS) is 13.0. The van der Waals surface area contributed by atoms with Crippen molar-refractivity contribution in [2.75, 3.05) is 4.90 Å². The summed E-state index contributed by atoms with van der Waals surface area (Å²) in [6.07, 6.45) is 6.40. The van der Waals surface area contributed by atoms with Crippen LogP contribution in [0.15, 0.2) is 144 Å². The molecule has 3 nitrogen and oxygen atoms in total. The molecule has 0 amide bonds. The van der Waals surface area contributed by atoms with Crippen LogP contribution in [0, 0.1) is 0 Å². The Morgan fingerprint density at radius 1 is 0.587 bits per heavy atom. The average molecular weight is 609 g/mol. The quantitative estimate of drug-likeness (QED) is 0.198. The molecule has 0 saturated carbocycles. The van der Waals surface area contributed by atoms with E-state index in [0.717, 1.165) is 46.9 Å². The largest absolute Gasteiger partial charge is 0.454 e. The van der Waals surface area contributed by atoms with Gasteiger partial charge in [-0.25, -0.2) is 0 Å². The van der Waals surface area contributed by atoms with Gasteiger partial charge in [-0.05, 0) is 85.6 Å². The Balaban J connectivity index is 1.26. The zero-order valence-electron chi connectivity index (χ0n) is 25.0. The molecular formula is C42H28N2OS. The molecule has 218 valence electrons. The van der Waals surface area contributed by atoms with E-state index in [1.165, 1.54) is 52.9 Å². The van der Waals surface area contributed by atoms with Crippen LogP contribution in [-0.4, -0.2) is 4.57 Å². The third kappa shape index (κ3) is 3.77. The van der Waals surface area contributed by atoms with Crippen molar-refractivity contribution in [2.24, 2.45) is 0 Å². The summed E-state index contributed by atoms with van der Waals surface area (Å²) in [5.41, 5.74) is 9.04. The molecule has 10 rings (SSSR count). The number of hydrogen-bond donors (Lipinski definition) is 0. The first-order valence-electron chi connectivity index (χ1n) is 15.8. The Kier molecular flexibility index (Phi) is 5.57. The van der Waals surface area contributed by atoms with E-state index in [0.29, 0.717) is 0 Å². The molecular weight excluding hydrogens is 581 g/mol. The van der Waals surface area contributed by atoms with Crippen molar-refractivity contribution in [2.45, 2.75) is 12.8 Å². The van der Waals surface area contributed by atoms with Crippen LogP contribution in [0.5, 0.6) is 0 Å². The predicted molar refractivity (Wildman–Crippen MR) is 195 cm³/mol. The van der Waals surface area contributed by atoms with Crippen LogP contribution in [0.3, 0.4) is 0 Å². The summed E-state index contributed by atoms with van der Waals surface area (Å²) in [5, 5.41) is 6.23. The number of anilines is 3. The molecule has 1 aliphatic rings. The third-order valence-electron chi connectivity index (χ3n) is 9.45. The van der Waals surface area contributed by atoms with Gasteiger partial charge in [0.25, 0.3) is 0 Å². The maximum absolute atomic E-state index is 6.68. The van der Waals surface area contributed by atoms with Gasteiger partial charge in [-0.15, -0.1) is 11.3 Å². The zero-order chi connectivity index (χ0) is 30.2. The van der Waals surface area contributed by atoms with Crippen LogP contribution < -0.4 is 4.90 Å². The highest BCUT2D eigenvalue weighted by molar-refractivity contribution is 7.25. The Bertz CT molecular complexity index is 2650. The highest BCUT2D eigenvalue weighted by Crippen LogP contribution is 2.46. The molecule has 4 heteroatoms. The summed E-state index contributed by atoms with van der Waals surface area (Å²) >= 11 is 1.85. The van der Waals surface area contributed by atoms with Gasteiger partial charge in [0.1, 0.15) is 5.76 Å². The molecule has 0 bridgehead atoms. The SMILES string of the molecule is C1=Cc2oc3c(N(c4ccc5sc6ccccc6c5c4)c4ccc5c(c4)c4ccccc4n5-c4ccccc4)cccc3c2CC1. The second-order valence-corrected chi connectivity index (χ2v) is 13.1. The molecule has 1 aliphatic carbocycles. The van der Waals surface area contributed by atoms with Gasteiger partial charge in [-0.2, -0.15) is 0 Å². The molecule has 0 spiro atoms. The van der Waals surface area contributed by atoms with Crippen molar-refractivity contribution < 1.29 is 4.42 Å².